The number of carbonyl (C=O) groups is 1. The molecule has 0 aromatic heterocycles. The number of amides is 1. The Morgan fingerprint density at radius 1 is 0.944 bits per heavy atom. The Bertz CT molecular complexity index is 1280. The summed E-state index contributed by atoms with van der Waals surface area (Å²) in [5, 5.41) is 0.506. The summed E-state index contributed by atoms with van der Waals surface area (Å²) >= 11 is 6.29. The molecule has 3 nitrogen and oxygen atoms in total. The molecule has 0 bridgehead atoms. The number of nitrogens with zero attached hydrogens (tertiary/aromatic N) is 2. The van der Waals surface area contributed by atoms with Crippen LogP contribution in [0.3, 0.4) is 0 Å². The molecule has 1 amide bonds. The van der Waals surface area contributed by atoms with Crippen molar-refractivity contribution in [2.45, 2.75) is 31.0 Å². The largest absolute Gasteiger partial charge is 0.416 e. The summed E-state index contributed by atoms with van der Waals surface area (Å²) in [5.74, 6) is -2.57. The Labute approximate surface area is 210 Å². The molecule has 1 saturated heterocycles. The van der Waals surface area contributed by atoms with E-state index >= 15 is 0 Å². The van der Waals surface area contributed by atoms with Gasteiger partial charge >= 0.3 is 6.18 Å². The van der Waals surface area contributed by atoms with Crippen molar-refractivity contribution in [1.29, 1.82) is 0 Å². The summed E-state index contributed by atoms with van der Waals surface area (Å²) in [4.78, 5) is 16.9. The van der Waals surface area contributed by atoms with E-state index in [1.54, 1.807) is 12.1 Å². The molecule has 188 valence electrons. The lowest BCUT2D eigenvalue weighted by Crippen LogP contribution is -2.46. The van der Waals surface area contributed by atoms with Gasteiger partial charge in [-0.2, -0.15) is 13.2 Å². The first kappa shape index (κ1) is 24.7. The molecule has 1 fully saturated rings. The summed E-state index contributed by atoms with van der Waals surface area (Å²) < 4.78 is 67.3. The van der Waals surface area contributed by atoms with Crippen molar-refractivity contribution in [1.82, 2.24) is 4.90 Å². The van der Waals surface area contributed by atoms with Gasteiger partial charge in [-0.25, -0.2) is 8.78 Å². The second kappa shape index (κ2) is 9.16. The molecule has 3 aromatic carbocycles. The topological polar surface area (TPSA) is 23.6 Å². The molecular weight excluding hydrogens is 499 g/mol. The minimum atomic E-state index is -4.37. The third-order valence-corrected chi connectivity index (χ3v) is 7.44. The van der Waals surface area contributed by atoms with Crippen LogP contribution in [0.15, 0.2) is 60.7 Å². The summed E-state index contributed by atoms with van der Waals surface area (Å²) in [6, 6.07) is 13.6. The summed E-state index contributed by atoms with van der Waals surface area (Å²) in [5.41, 5.74) is 0.529. The number of benzene rings is 3. The molecule has 0 radical (unpaired) electrons. The third kappa shape index (κ3) is 4.48. The number of rotatable bonds is 3. The summed E-state index contributed by atoms with van der Waals surface area (Å²) in [6.45, 7) is 2.05. The molecule has 2 aliphatic rings. The number of alkyl halides is 3. The van der Waals surface area contributed by atoms with E-state index in [9.17, 15) is 26.7 Å². The minimum Gasteiger partial charge on any atom is -0.307 e. The van der Waals surface area contributed by atoms with Crippen LogP contribution in [-0.4, -0.2) is 30.4 Å². The average Bonchev–Trinajstić information content (AvgIpc) is 3.13. The molecule has 36 heavy (non-hydrogen) atoms. The Morgan fingerprint density at radius 3 is 2.19 bits per heavy atom. The number of anilines is 1. The predicted octanol–water partition coefficient (Wildman–Crippen LogP) is 6.83. The van der Waals surface area contributed by atoms with Gasteiger partial charge in [0.1, 0.15) is 17.2 Å². The fourth-order valence-corrected chi connectivity index (χ4v) is 5.46. The fraction of sp³-hybridized carbons (Fsp3) is 0.296. The molecule has 2 aliphatic heterocycles. The van der Waals surface area contributed by atoms with Gasteiger partial charge in [-0.3, -0.25) is 9.69 Å². The second-order valence-electron chi connectivity index (χ2n) is 9.40. The first-order valence-corrected chi connectivity index (χ1v) is 11.9. The van der Waals surface area contributed by atoms with Crippen LogP contribution < -0.4 is 4.90 Å². The lowest BCUT2D eigenvalue weighted by atomic mass is 9.74. The number of carbonyl (C=O) groups excluding carboxylic acids is 1. The predicted molar refractivity (Wildman–Crippen MR) is 127 cm³/mol. The van der Waals surface area contributed by atoms with Crippen LogP contribution >= 0.6 is 11.6 Å². The van der Waals surface area contributed by atoms with Gasteiger partial charge in [0.2, 0.25) is 0 Å². The number of fused-ring (bicyclic) bond motifs is 2. The number of piperidine rings is 1. The molecular formula is C27H22ClF5N2O. The summed E-state index contributed by atoms with van der Waals surface area (Å²) in [7, 11) is 0. The van der Waals surface area contributed by atoms with Gasteiger partial charge < -0.3 is 4.90 Å². The molecule has 0 saturated carbocycles. The molecule has 2 heterocycles. The quantitative estimate of drug-likeness (QED) is 0.353. The molecule has 0 aliphatic carbocycles. The smallest absolute Gasteiger partial charge is 0.307 e. The van der Waals surface area contributed by atoms with Crippen LogP contribution in [0, 0.1) is 11.6 Å². The van der Waals surface area contributed by atoms with Crippen molar-refractivity contribution in [3.05, 3.63) is 99.6 Å². The van der Waals surface area contributed by atoms with E-state index in [0.717, 1.165) is 35.4 Å². The zero-order valence-corrected chi connectivity index (χ0v) is 19.8. The highest BCUT2D eigenvalue weighted by Gasteiger charge is 2.47. The maximum absolute atomic E-state index is 14.4. The number of likely N-dealkylation sites (tertiary alicyclic amines) is 1. The maximum atomic E-state index is 14.4. The lowest BCUT2D eigenvalue weighted by Gasteiger charge is -2.40. The monoisotopic (exact) mass is 520 g/mol. The van der Waals surface area contributed by atoms with E-state index < -0.39 is 40.3 Å². The second-order valence-corrected chi connectivity index (χ2v) is 9.84. The van der Waals surface area contributed by atoms with E-state index in [1.165, 1.54) is 23.1 Å². The minimum absolute atomic E-state index is 0.267. The SMILES string of the molecule is O=C(c1c(F)cccc1F)N1CC2(CCN(Cc3ccc(C(F)(F)F)cc3)CC2)c2cc(Cl)ccc21. The van der Waals surface area contributed by atoms with Crippen LogP contribution in [0.25, 0.3) is 0 Å². The van der Waals surface area contributed by atoms with Crippen molar-refractivity contribution >= 4 is 23.2 Å². The van der Waals surface area contributed by atoms with E-state index in [4.69, 9.17) is 11.6 Å². The Kier molecular flexibility index (Phi) is 6.29. The highest BCUT2D eigenvalue weighted by molar-refractivity contribution is 6.30. The Hall–Kier alpha value is -2.97. The fourth-order valence-electron chi connectivity index (χ4n) is 5.28. The van der Waals surface area contributed by atoms with Gasteiger partial charge in [-0.15, -0.1) is 0 Å². The molecule has 3 aromatic rings. The van der Waals surface area contributed by atoms with Crippen molar-refractivity contribution in [3.63, 3.8) is 0 Å². The van der Waals surface area contributed by atoms with Crippen LogP contribution in [0.1, 0.15) is 39.9 Å². The lowest BCUT2D eigenvalue weighted by molar-refractivity contribution is -0.137. The zero-order valence-electron chi connectivity index (χ0n) is 19.1. The number of hydrogen-bond donors (Lipinski definition) is 0. The van der Waals surface area contributed by atoms with Crippen LogP contribution in [0.4, 0.5) is 27.6 Å². The van der Waals surface area contributed by atoms with Crippen molar-refractivity contribution < 1.29 is 26.7 Å². The molecule has 5 rings (SSSR count). The van der Waals surface area contributed by atoms with E-state index in [0.29, 0.717) is 43.2 Å². The van der Waals surface area contributed by atoms with Crippen molar-refractivity contribution in [2.24, 2.45) is 0 Å². The number of halogens is 6. The van der Waals surface area contributed by atoms with Gasteiger partial charge in [0.25, 0.3) is 5.91 Å². The standard InChI is InChI=1S/C27H22ClF5N2O/c28-19-8-9-23-20(14-19)26(16-35(23)25(36)24-21(29)2-1-3-22(24)30)10-12-34(13-11-26)15-17-4-6-18(7-5-17)27(31,32)33/h1-9,14H,10-13,15-16H2. The van der Waals surface area contributed by atoms with Gasteiger partial charge in [0, 0.05) is 29.2 Å². The zero-order chi connectivity index (χ0) is 25.7. The normalized spacial score (nSPS) is 17.4. The molecule has 1 spiro atoms. The van der Waals surface area contributed by atoms with Gasteiger partial charge in [0.05, 0.1) is 5.56 Å². The molecule has 0 unspecified atom stereocenters. The molecule has 0 N–H and O–H groups in total. The van der Waals surface area contributed by atoms with E-state index in [-0.39, 0.29) is 6.54 Å². The van der Waals surface area contributed by atoms with Crippen molar-refractivity contribution in [3.8, 4) is 0 Å². The van der Waals surface area contributed by atoms with E-state index in [2.05, 4.69) is 4.90 Å². The molecule has 9 heteroatoms. The first-order chi connectivity index (χ1) is 17.1. The highest BCUT2D eigenvalue weighted by atomic mass is 35.5. The number of hydrogen-bond acceptors (Lipinski definition) is 2. The average molecular weight is 521 g/mol. The first-order valence-electron chi connectivity index (χ1n) is 11.5. The Morgan fingerprint density at radius 2 is 1.58 bits per heavy atom. The van der Waals surface area contributed by atoms with Gasteiger partial charge in [-0.05, 0) is 79.5 Å². The Balaban J connectivity index is 1.36. The maximum Gasteiger partial charge on any atom is 0.416 e. The van der Waals surface area contributed by atoms with E-state index in [1.807, 2.05) is 6.07 Å². The van der Waals surface area contributed by atoms with Crippen LogP contribution in [-0.2, 0) is 18.1 Å². The van der Waals surface area contributed by atoms with Crippen LogP contribution in [0.2, 0.25) is 5.02 Å². The van der Waals surface area contributed by atoms with Crippen molar-refractivity contribution in [2.75, 3.05) is 24.5 Å². The third-order valence-electron chi connectivity index (χ3n) is 7.20. The molecule has 0 atom stereocenters. The summed E-state index contributed by atoms with van der Waals surface area (Å²) in [6.07, 6.45) is -3.06. The van der Waals surface area contributed by atoms with Gasteiger partial charge in [0.15, 0.2) is 0 Å². The highest BCUT2D eigenvalue weighted by Crippen LogP contribution is 2.48. The van der Waals surface area contributed by atoms with Gasteiger partial charge in [-0.1, -0.05) is 29.8 Å². The van der Waals surface area contributed by atoms with Crippen LogP contribution in [0.5, 0.6) is 0 Å².